The number of hydrogen-bond acceptors (Lipinski definition) is 5. The van der Waals surface area contributed by atoms with Gasteiger partial charge >= 0.3 is 0 Å². The first-order valence-corrected chi connectivity index (χ1v) is 9.35. The Labute approximate surface area is 162 Å². The minimum absolute atomic E-state index is 0.0642. The van der Waals surface area contributed by atoms with Crippen molar-refractivity contribution in [2.75, 3.05) is 18.0 Å². The molecule has 4 aromatic rings. The molecule has 0 saturated carbocycles. The van der Waals surface area contributed by atoms with Gasteiger partial charge in [-0.15, -0.1) is 0 Å². The third kappa shape index (κ3) is 3.03. The number of benzene rings is 1. The summed E-state index contributed by atoms with van der Waals surface area (Å²) in [5, 5.41) is 5.73. The van der Waals surface area contributed by atoms with Gasteiger partial charge in [-0.1, -0.05) is 18.2 Å². The van der Waals surface area contributed by atoms with E-state index in [2.05, 4.69) is 32.1 Å². The summed E-state index contributed by atoms with van der Waals surface area (Å²) in [5.74, 6) is 0.393. The molecular formula is C22H19N5O. The zero-order valence-electron chi connectivity index (χ0n) is 15.3. The molecular weight excluding hydrogens is 350 g/mol. The van der Waals surface area contributed by atoms with Gasteiger partial charge in [-0.05, 0) is 30.3 Å². The number of pyridine rings is 2. The fourth-order valence-corrected chi connectivity index (χ4v) is 3.74. The van der Waals surface area contributed by atoms with Crippen LogP contribution in [-0.2, 0) is 6.54 Å². The van der Waals surface area contributed by atoms with Crippen molar-refractivity contribution in [3.05, 3.63) is 83.5 Å². The van der Waals surface area contributed by atoms with Crippen molar-refractivity contribution in [1.29, 1.82) is 0 Å². The molecule has 4 heterocycles. The number of para-hydroxylation sites is 1. The first kappa shape index (κ1) is 16.6. The molecule has 138 valence electrons. The summed E-state index contributed by atoms with van der Waals surface area (Å²) in [5.41, 5.74) is 3.89. The van der Waals surface area contributed by atoms with Crippen molar-refractivity contribution in [3.8, 4) is 11.3 Å². The normalized spacial score (nSPS) is 14.2. The lowest BCUT2D eigenvalue weighted by molar-refractivity contribution is 0.336. The number of fused-ring (bicyclic) bond motifs is 1. The Balaban J connectivity index is 1.33. The molecule has 0 radical (unpaired) electrons. The van der Waals surface area contributed by atoms with E-state index in [9.17, 15) is 4.79 Å². The second-order valence-corrected chi connectivity index (χ2v) is 7.09. The number of nitrogens with zero attached hydrogens (tertiary/aromatic N) is 5. The molecule has 0 bridgehead atoms. The average Bonchev–Trinajstić information content (AvgIpc) is 2.72. The second-order valence-electron chi connectivity index (χ2n) is 7.09. The molecule has 0 aliphatic carbocycles. The van der Waals surface area contributed by atoms with Gasteiger partial charge < -0.3 is 4.90 Å². The smallest absolute Gasteiger partial charge is 0.266 e. The molecule has 0 unspecified atom stereocenters. The quantitative estimate of drug-likeness (QED) is 0.553. The second kappa shape index (κ2) is 6.88. The van der Waals surface area contributed by atoms with E-state index >= 15 is 0 Å². The standard InChI is InChI=1S/C22H19N5O/c28-22-6-5-19(17-7-10-23-11-8-17)25-27(22)15-16-13-26(14-16)21-9-12-24-20-4-2-1-3-18(20)21/h1-12,16H,13-15H2. The molecule has 0 N–H and O–H groups in total. The average molecular weight is 369 g/mol. The maximum absolute atomic E-state index is 12.3. The van der Waals surface area contributed by atoms with Crippen molar-refractivity contribution in [2.24, 2.45) is 5.92 Å². The molecule has 0 amide bonds. The highest BCUT2D eigenvalue weighted by atomic mass is 16.1. The SMILES string of the molecule is O=c1ccc(-c2ccncc2)nn1CC1CN(c2ccnc3ccccc23)C1. The molecule has 3 aromatic heterocycles. The van der Waals surface area contributed by atoms with Crippen molar-refractivity contribution in [2.45, 2.75) is 6.54 Å². The topological polar surface area (TPSA) is 63.9 Å². The maximum atomic E-state index is 12.3. The molecule has 0 atom stereocenters. The molecule has 1 aliphatic heterocycles. The third-order valence-electron chi connectivity index (χ3n) is 5.20. The maximum Gasteiger partial charge on any atom is 0.266 e. The Kier molecular flexibility index (Phi) is 4.09. The summed E-state index contributed by atoms with van der Waals surface area (Å²) < 4.78 is 1.59. The summed E-state index contributed by atoms with van der Waals surface area (Å²) in [6, 6.07) is 17.4. The van der Waals surface area contributed by atoms with Crippen LogP contribution in [0.1, 0.15) is 0 Å². The van der Waals surface area contributed by atoms with Crippen LogP contribution in [0.4, 0.5) is 5.69 Å². The predicted molar refractivity (Wildman–Crippen MR) is 109 cm³/mol. The summed E-state index contributed by atoms with van der Waals surface area (Å²) in [6.07, 6.45) is 5.32. The Morgan fingerprint density at radius 1 is 0.929 bits per heavy atom. The van der Waals surface area contributed by atoms with Gasteiger partial charge in [0.05, 0.1) is 17.8 Å². The van der Waals surface area contributed by atoms with Crippen LogP contribution in [0.15, 0.2) is 78.0 Å². The largest absolute Gasteiger partial charge is 0.370 e. The minimum Gasteiger partial charge on any atom is -0.370 e. The van der Waals surface area contributed by atoms with Crippen LogP contribution in [0.25, 0.3) is 22.2 Å². The van der Waals surface area contributed by atoms with Gasteiger partial charge in [-0.3, -0.25) is 14.8 Å². The molecule has 1 aliphatic rings. The van der Waals surface area contributed by atoms with Crippen molar-refractivity contribution >= 4 is 16.6 Å². The van der Waals surface area contributed by atoms with Crippen LogP contribution in [-0.4, -0.2) is 32.8 Å². The summed E-state index contributed by atoms with van der Waals surface area (Å²) in [4.78, 5) is 23.1. The van der Waals surface area contributed by atoms with Crippen LogP contribution in [0, 0.1) is 5.92 Å². The van der Waals surface area contributed by atoms with Gasteiger partial charge in [0.1, 0.15) is 0 Å². The van der Waals surface area contributed by atoms with E-state index in [4.69, 9.17) is 0 Å². The Morgan fingerprint density at radius 3 is 2.61 bits per heavy atom. The fraction of sp³-hybridized carbons (Fsp3) is 0.182. The zero-order valence-corrected chi connectivity index (χ0v) is 15.3. The molecule has 1 aromatic carbocycles. The van der Waals surface area contributed by atoms with E-state index in [-0.39, 0.29) is 5.56 Å². The molecule has 6 heteroatoms. The van der Waals surface area contributed by atoms with Crippen molar-refractivity contribution in [1.82, 2.24) is 19.7 Å². The van der Waals surface area contributed by atoms with E-state index < -0.39 is 0 Å². The first-order chi connectivity index (χ1) is 13.8. The van der Waals surface area contributed by atoms with Crippen molar-refractivity contribution < 1.29 is 0 Å². The number of aromatic nitrogens is 4. The molecule has 5 rings (SSSR count). The monoisotopic (exact) mass is 369 g/mol. The van der Waals surface area contributed by atoms with E-state index in [1.54, 1.807) is 29.2 Å². The van der Waals surface area contributed by atoms with Gasteiger partial charge in [0.15, 0.2) is 0 Å². The highest BCUT2D eigenvalue weighted by Gasteiger charge is 2.28. The summed E-state index contributed by atoms with van der Waals surface area (Å²) in [7, 11) is 0. The molecule has 0 spiro atoms. The van der Waals surface area contributed by atoms with Crippen molar-refractivity contribution in [3.63, 3.8) is 0 Å². The highest BCUT2D eigenvalue weighted by Crippen LogP contribution is 2.31. The van der Waals surface area contributed by atoms with Crippen LogP contribution in [0.2, 0.25) is 0 Å². The Bertz CT molecular complexity index is 1180. The van der Waals surface area contributed by atoms with Crippen LogP contribution in [0.3, 0.4) is 0 Å². The molecule has 1 fully saturated rings. The van der Waals surface area contributed by atoms with Crippen LogP contribution in [0.5, 0.6) is 0 Å². The number of hydrogen-bond donors (Lipinski definition) is 0. The van der Waals surface area contributed by atoms with Gasteiger partial charge in [-0.25, -0.2) is 4.68 Å². The van der Waals surface area contributed by atoms with Gasteiger partial charge in [-0.2, -0.15) is 5.10 Å². The van der Waals surface area contributed by atoms with E-state index in [1.165, 1.54) is 11.1 Å². The summed E-state index contributed by atoms with van der Waals surface area (Å²) >= 11 is 0. The third-order valence-corrected chi connectivity index (χ3v) is 5.20. The highest BCUT2D eigenvalue weighted by molar-refractivity contribution is 5.91. The minimum atomic E-state index is -0.0642. The molecule has 1 saturated heterocycles. The lowest BCUT2D eigenvalue weighted by atomic mass is 9.98. The Morgan fingerprint density at radius 2 is 1.75 bits per heavy atom. The first-order valence-electron chi connectivity index (χ1n) is 9.35. The van der Waals surface area contributed by atoms with Crippen LogP contribution < -0.4 is 10.5 Å². The predicted octanol–water partition coefficient (Wildman–Crippen LogP) is 2.99. The lowest BCUT2D eigenvalue weighted by Gasteiger charge is -2.41. The molecule has 6 nitrogen and oxygen atoms in total. The Hall–Kier alpha value is -3.54. The fourth-order valence-electron chi connectivity index (χ4n) is 3.74. The van der Waals surface area contributed by atoms with Gasteiger partial charge in [0, 0.05) is 60.3 Å². The van der Waals surface area contributed by atoms with Gasteiger partial charge in [0.25, 0.3) is 5.56 Å². The summed E-state index contributed by atoms with van der Waals surface area (Å²) in [6.45, 7) is 2.43. The molecule has 28 heavy (non-hydrogen) atoms. The number of rotatable bonds is 4. The van der Waals surface area contributed by atoms with Crippen LogP contribution >= 0.6 is 0 Å². The lowest BCUT2D eigenvalue weighted by Crippen LogP contribution is -2.49. The van der Waals surface area contributed by atoms with Gasteiger partial charge in [0.2, 0.25) is 0 Å². The van der Waals surface area contributed by atoms with E-state index in [0.29, 0.717) is 12.5 Å². The number of anilines is 1. The van der Waals surface area contributed by atoms with E-state index in [1.807, 2.05) is 36.5 Å². The van der Waals surface area contributed by atoms with E-state index in [0.717, 1.165) is 29.9 Å². The zero-order chi connectivity index (χ0) is 18.9.